The lowest BCUT2D eigenvalue weighted by atomic mass is 10.2. The van der Waals surface area contributed by atoms with E-state index in [2.05, 4.69) is 17.4 Å². The van der Waals surface area contributed by atoms with Gasteiger partial charge in [0, 0.05) is 12.6 Å². The number of hydrogen-bond donors (Lipinski definition) is 1. The van der Waals surface area contributed by atoms with Crippen molar-refractivity contribution in [3.63, 3.8) is 0 Å². The van der Waals surface area contributed by atoms with Crippen molar-refractivity contribution < 1.29 is 14.0 Å². The van der Waals surface area contributed by atoms with E-state index in [-0.39, 0.29) is 0 Å². The summed E-state index contributed by atoms with van der Waals surface area (Å²) in [6, 6.07) is 7.80. The zero-order valence-electron chi connectivity index (χ0n) is 12.8. The van der Waals surface area contributed by atoms with E-state index < -0.39 is 0 Å². The number of rotatable bonds is 8. The van der Waals surface area contributed by atoms with Gasteiger partial charge < -0.3 is 19.3 Å². The van der Waals surface area contributed by atoms with E-state index in [0.29, 0.717) is 18.1 Å². The molecule has 0 saturated carbocycles. The predicted octanol–water partition coefficient (Wildman–Crippen LogP) is 3.07. The van der Waals surface area contributed by atoms with Crippen LogP contribution in [0.4, 0.5) is 0 Å². The van der Waals surface area contributed by atoms with E-state index >= 15 is 0 Å². The van der Waals surface area contributed by atoms with Crippen LogP contribution in [-0.2, 0) is 13.2 Å². The minimum absolute atomic E-state index is 0.338. The second kappa shape index (κ2) is 7.69. The molecule has 0 spiro atoms. The lowest BCUT2D eigenvalue weighted by Crippen LogP contribution is -2.13. The molecule has 5 heteroatoms. The Morgan fingerprint density at radius 3 is 2.76 bits per heavy atom. The van der Waals surface area contributed by atoms with Crippen LogP contribution in [0.1, 0.15) is 30.4 Å². The molecular formula is C16H22N2O3. The second-order valence-corrected chi connectivity index (χ2v) is 4.89. The number of nitrogens with one attached hydrogen (secondary N) is 1. The lowest BCUT2D eigenvalue weighted by Gasteiger charge is -2.11. The number of ether oxygens (including phenoxy) is 2. The van der Waals surface area contributed by atoms with Gasteiger partial charge in [-0.1, -0.05) is 18.1 Å². The van der Waals surface area contributed by atoms with Crippen LogP contribution in [0.5, 0.6) is 11.5 Å². The zero-order chi connectivity index (χ0) is 15.1. The molecule has 0 radical (unpaired) electrons. The first-order valence-corrected chi connectivity index (χ1v) is 7.15. The molecule has 1 aromatic carbocycles. The Morgan fingerprint density at radius 1 is 1.24 bits per heavy atom. The van der Waals surface area contributed by atoms with Crippen LogP contribution >= 0.6 is 0 Å². The number of nitrogens with zero attached hydrogens (tertiary/aromatic N) is 1. The van der Waals surface area contributed by atoms with E-state index in [1.165, 1.54) is 5.56 Å². The molecule has 0 aliphatic rings. The van der Waals surface area contributed by atoms with Gasteiger partial charge >= 0.3 is 0 Å². The van der Waals surface area contributed by atoms with Gasteiger partial charge in [0.15, 0.2) is 17.3 Å². The van der Waals surface area contributed by atoms with Crippen molar-refractivity contribution in [1.29, 1.82) is 0 Å². The molecule has 114 valence electrons. The van der Waals surface area contributed by atoms with Gasteiger partial charge in [0.25, 0.3) is 0 Å². The Balaban J connectivity index is 1.98. The third kappa shape index (κ3) is 4.49. The normalized spacial score (nSPS) is 10.6. The van der Waals surface area contributed by atoms with Gasteiger partial charge in [0.1, 0.15) is 6.61 Å². The molecule has 0 bridgehead atoms. The fourth-order valence-electron chi connectivity index (χ4n) is 1.98. The van der Waals surface area contributed by atoms with Crippen molar-refractivity contribution in [2.45, 2.75) is 33.4 Å². The van der Waals surface area contributed by atoms with Crippen molar-refractivity contribution in [1.82, 2.24) is 10.5 Å². The quantitative estimate of drug-likeness (QED) is 0.757. The molecule has 2 aromatic rings. The highest BCUT2D eigenvalue weighted by Gasteiger charge is 2.08. The minimum Gasteiger partial charge on any atom is -0.493 e. The molecule has 2 rings (SSSR count). The SMILES string of the molecule is CCCNCc1ccc(OCc2cc(C)no2)c(OC)c1. The molecule has 0 atom stereocenters. The summed E-state index contributed by atoms with van der Waals surface area (Å²) in [6.45, 7) is 6.20. The summed E-state index contributed by atoms with van der Waals surface area (Å²) >= 11 is 0. The number of aromatic nitrogens is 1. The summed E-state index contributed by atoms with van der Waals surface area (Å²) in [5.74, 6) is 2.12. The minimum atomic E-state index is 0.338. The van der Waals surface area contributed by atoms with Crippen molar-refractivity contribution in [2.24, 2.45) is 0 Å². The molecule has 21 heavy (non-hydrogen) atoms. The van der Waals surface area contributed by atoms with E-state index in [4.69, 9.17) is 14.0 Å². The van der Waals surface area contributed by atoms with Gasteiger partial charge in [0.05, 0.1) is 12.8 Å². The predicted molar refractivity (Wildman–Crippen MR) is 80.6 cm³/mol. The maximum absolute atomic E-state index is 5.73. The van der Waals surface area contributed by atoms with Crippen LogP contribution in [0, 0.1) is 6.92 Å². The Bertz CT molecular complexity index is 566. The molecule has 1 heterocycles. The van der Waals surface area contributed by atoms with Crippen LogP contribution in [0.3, 0.4) is 0 Å². The molecule has 0 fully saturated rings. The van der Waals surface area contributed by atoms with Crippen molar-refractivity contribution in [3.05, 3.63) is 41.3 Å². The number of benzene rings is 1. The largest absolute Gasteiger partial charge is 0.493 e. The van der Waals surface area contributed by atoms with Gasteiger partial charge in [-0.05, 0) is 37.6 Å². The summed E-state index contributed by atoms with van der Waals surface area (Å²) in [4.78, 5) is 0. The summed E-state index contributed by atoms with van der Waals surface area (Å²) in [5, 5.41) is 7.20. The monoisotopic (exact) mass is 290 g/mol. The van der Waals surface area contributed by atoms with E-state index in [9.17, 15) is 0 Å². The maximum atomic E-state index is 5.73. The zero-order valence-corrected chi connectivity index (χ0v) is 12.8. The molecule has 1 aromatic heterocycles. The van der Waals surface area contributed by atoms with Gasteiger partial charge in [-0.25, -0.2) is 0 Å². The maximum Gasteiger partial charge on any atom is 0.174 e. The Labute approximate surface area is 125 Å². The number of methoxy groups -OCH3 is 1. The van der Waals surface area contributed by atoms with Crippen LogP contribution in [0.25, 0.3) is 0 Å². The van der Waals surface area contributed by atoms with Crippen molar-refractivity contribution in [2.75, 3.05) is 13.7 Å². The van der Waals surface area contributed by atoms with Crippen molar-refractivity contribution in [3.8, 4) is 11.5 Å². The van der Waals surface area contributed by atoms with E-state index in [1.54, 1.807) is 7.11 Å². The highest BCUT2D eigenvalue weighted by molar-refractivity contribution is 5.43. The van der Waals surface area contributed by atoms with Crippen LogP contribution < -0.4 is 14.8 Å². The summed E-state index contributed by atoms with van der Waals surface area (Å²) < 4.78 is 16.2. The Morgan fingerprint density at radius 2 is 2.10 bits per heavy atom. The van der Waals surface area contributed by atoms with E-state index in [0.717, 1.165) is 31.0 Å². The van der Waals surface area contributed by atoms with E-state index in [1.807, 2.05) is 31.2 Å². The van der Waals surface area contributed by atoms with Crippen LogP contribution in [-0.4, -0.2) is 18.8 Å². The topological polar surface area (TPSA) is 56.5 Å². The molecule has 0 saturated heterocycles. The second-order valence-electron chi connectivity index (χ2n) is 4.89. The number of hydrogen-bond acceptors (Lipinski definition) is 5. The van der Waals surface area contributed by atoms with Gasteiger partial charge in [-0.15, -0.1) is 0 Å². The highest BCUT2D eigenvalue weighted by Crippen LogP contribution is 2.28. The summed E-state index contributed by atoms with van der Waals surface area (Å²) in [7, 11) is 1.64. The molecular weight excluding hydrogens is 268 g/mol. The molecule has 5 nitrogen and oxygen atoms in total. The first-order chi connectivity index (χ1) is 10.2. The average Bonchev–Trinajstić information content (AvgIpc) is 2.91. The van der Waals surface area contributed by atoms with Gasteiger partial charge in [0.2, 0.25) is 0 Å². The Hall–Kier alpha value is -2.01. The molecule has 0 unspecified atom stereocenters. The fraction of sp³-hybridized carbons (Fsp3) is 0.438. The standard InChI is InChI=1S/C16H22N2O3/c1-4-7-17-10-13-5-6-15(16(9-13)19-3)20-11-14-8-12(2)18-21-14/h5-6,8-9,17H,4,7,10-11H2,1-3H3. The number of aryl methyl sites for hydroxylation is 1. The smallest absolute Gasteiger partial charge is 0.174 e. The van der Waals surface area contributed by atoms with Crippen LogP contribution in [0.2, 0.25) is 0 Å². The van der Waals surface area contributed by atoms with Gasteiger partial charge in [-0.3, -0.25) is 0 Å². The third-order valence-electron chi connectivity index (χ3n) is 3.03. The first kappa shape index (κ1) is 15.4. The fourth-order valence-corrected chi connectivity index (χ4v) is 1.98. The Kier molecular flexibility index (Phi) is 5.63. The molecule has 0 amide bonds. The third-order valence-corrected chi connectivity index (χ3v) is 3.03. The van der Waals surface area contributed by atoms with Gasteiger partial charge in [-0.2, -0.15) is 0 Å². The van der Waals surface area contributed by atoms with Crippen LogP contribution in [0.15, 0.2) is 28.8 Å². The summed E-state index contributed by atoms with van der Waals surface area (Å²) in [5.41, 5.74) is 2.01. The summed E-state index contributed by atoms with van der Waals surface area (Å²) in [6.07, 6.45) is 1.12. The highest BCUT2D eigenvalue weighted by atomic mass is 16.5. The average molecular weight is 290 g/mol. The molecule has 0 aliphatic heterocycles. The molecule has 1 N–H and O–H groups in total. The molecule has 0 aliphatic carbocycles. The lowest BCUT2D eigenvalue weighted by molar-refractivity contribution is 0.238. The first-order valence-electron chi connectivity index (χ1n) is 7.15. The van der Waals surface area contributed by atoms with Crippen molar-refractivity contribution >= 4 is 0 Å².